The van der Waals surface area contributed by atoms with Gasteiger partial charge in [0.25, 0.3) is 0 Å². The standard InChI is InChI=1S/C15H23NO/c1-15(2)9-8-14(15)16-10-11-17-12-13-6-4-3-5-7-13/h3-7,14,16H,8-12H2,1-2H3. The first-order valence-electron chi connectivity index (χ1n) is 6.53. The highest BCUT2D eigenvalue weighted by Gasteiger charge is 2.37. The largest absolute Gasteiger partial charge is 0.375 e. The van der Waals surface area contributed by atoms with Crippen molar-refractivity contribution in [3.8, 4) is 0 Å². The van der Waals surface area contributed by atoms with Gasteiger partial charge in [-0.1, -0.05) is 44.2 Å². The molecule has 0 amide bonds. The zero-order valence-corrected chi connectivity index (χ0v) is 10.9. The Morgan fingerprint density at radius 2 is 2.06 bits per heavy atom. The minimum Gasteiger partial charge on any atom is -0.375 e. The fourth-order valence-electron chi connectivity index (χ4n) is 2.31. The van der Waals surface area contributed by atoms with Gasteiger partial charge in [-0.2, -0.15) is 0 Å². The van der Waals surface area contributed by atoms with Crippen molar-refractivity contribution < 1.29 is 4.74 Å². The van der Waals surface area contributed by atoms with Gasteiger partial charge < -0.3 is 10.1 Å². The van der Waals surface area contributed by atoms with Gasteiger partial charge in [-0.25, -0.2) is 0 Å². The van der Waals surface area contributed by atoms with E-state index in [1.54, 1.807) is 0 Å². The second-order valence-electron chi connectivity index (χ2n) is 5.57. The number of nitrogens with one attached hydrogen (secondary N) is 1. The van der Waals surface area contributed by atoms with E-state index in [2.05, 4.69) is 31.3 Å². The lowest BCUT2D eigenvalue weighted by molar-refractivity contribution is 0.0819. The summed E-state index contributed by atoms with van der Waals surface area (Å²) >= 11 is 0. The molecule has 2 nitrogen and oxygen atoms in total. The van der Waals surface area contributed by atoms with Gasteiger partial charge in [-0.3, -0.25) is 0 Å². The minimum absolute atomic E-state index is 0.486. The fraction of sp³-hybridized carbons (Fsp3) is 0.600. The summed E-state index contributed by atoms with van der Waals surface area (Å²) in [5.41, 5.74) is 1.73. The quantitative estimate of drug-likeness (QED) is 0.763. The summed E-state index contributed by atoms with van der Waals surface area (Å²) < 4.78 is 5.64. The molecule has 1 aromatic carbocycles. The van der Waals surface area contributed by atoms with Crippen molar-refractivity contribution in [2.75, 3.05) is 13.2 Å². The smallest absolute Gasteiger partial charge is 0.0717 e. The van der Waals surface area contributed by atoms with Crippen LogP contribution < -0.4 is 5.32 Å². The van der Waals surface area contributed by atoms with Gasteiger partial charge in [-0.15, -0.1) is 0 Å². The molecule has 0 spiro atoms. The molecule has 0 saturated heterocycles. The summed E-state index contributed by atoms with van der Waals surface area (Å²) in [4.78, 5) is 0. The molecule has 0 radical (unpaired) electrons. The Hall–Kier alpha value is -0.860. The highest BCUT2D eigenvalue weighted by atomic mass is 16.5. The van der Waals surface area contributed by atoms with Gasteiger partial charge >= 0.3 is 0 Å². The maximum absolute atomic E-state index is 5.64. The van der Waals surface area contributed by atoms with E-state index in [0.29, 0.717) is 11.5 Å². The Kier molecular flexibility index (Phi) is 4.19. The molecule has 1 unspecified atom stereocenters. The average molecular weight is 233 g/mol. The molecule has 0 aliphatic heterocycles. The summed E-state index contributed by atoms with van der Waals surface area (Å²) in [5, 5.41) is 3.57. The first kappa shape index (κ1) is 12.6. The number of hydrogen-bond donors (Lipinski definition) is 1. The lowest BCUT2D eigenvalue weighted by Gasteiger charge is -2.45. The van der Waals surface area contributed by atoms with Crippen LogP contribution in [-0.4, -0.2) is 19.2 Å². The van der Waals surface area contributed by atoms with Crippen LogP contribution >= 0.6 is 0 Å². The number of hydrogen-bond acceptors (Lipinski definition) is 2. The molecule has 0 aromatic heterocycles. The van der Waals surface area contributed by atoms with Gasteiger partial charge in [0.15, 0.2) is 0 Å². The monoisotopic (exact) mass is 233 g/mol. The second kappa shape index (κ2) is 5.65. The molecule has 2 heteroatoms. The van der Waals surface area contributed by atoms with Crippen LogP contribution in [0.25, 0.3) is 0 Å². The van der Waals surface area contributed by atoms with E-state index in [0.717, 1.165) is 19.8 Å². The highest BCUT2D eigenvalue weighted by molar-refractivity contribution is 5.13. The van der Waals surface area contributed by atoms with Gasteiger partial charge in [-0.05, 0) is 23.8 Å². The Morgan fingerprint density at radius 1 is 1.29 bits per heavy atom. The molecule has 2 rings (SSSR count). The van der Waals surface area contributed by atoms with E-state index >= 15 is 0 Å². The van der Waals surface area contributed by atoms with Gasteiger partial charge in [0.2, 0.25) is 0 Å². The van der Waals surface area contributed by atoms with Gasteiger partial charge in [0.1, 0.15) is 0 Å². The van der Waals surface area contributed by atoms with Crippen LogP contribution in [0.3, 0.4) is 0 Å². The van der Waals surface area contributed by atoms with E-state index < -0.39 is 0 Å². The maximum Gasteiger partial charge on any atom is 0.0717 e. The average Bonchev–Trinajstić information content (AvgIpc) is 2.33. The maximum atomic E-state index is 5.64. The Balaban J connectivity index is 1.55. The van der Waals surface area contributed by atoms with Crippen LogP contribution in [0.1, 0.15) is 32.3 Å². The van der Waals surface area contributed by atoms with E-state index in [4.69, 9.17) is 4.74 Å². The molecule has 0 heterocycles. The molecule has 1 N–H and O–H groups in total. The topological polar surface area (TPSA) is 21.3 Å². The normalized spacial score (nSPS) is 22.1. The predicted octanol–water partition coefficient (Wildman–Crippen LogP) is 2.98. The third-order valence-corrected chi connectivity index (χ3v) is 3.77. The Labute approximate surface area is 104 Å². The van der Waals surface area contributed by atoms with E-state index in [9.17, 15) is 0 Å². The molecule has 1 atom stereocenters. The molecule has 1 aliphatic rings. The first-order valence-corrected chi connectivity index (χ1v) is 6.53. The SMILES string of the molecule is CC1(C)CCC1NCCOCc1ccccc1. The van der Waals surface area contributed by atoms with E-state index in [-0.39, 0.29) is 0 Å². The molecular weight excluding hydrogens is 210 g/mol. The first-order chi connectivity index (χ1) is 8.18. The summed E-state index contributed by atoms with van der Waals surface area (Å²) in [6.45, 7) is 7.14. The van der Waals surface area contributed by atoms with Crippen LogP contribution in [0.4, 0.5) is 0 Å². The van der Waals surface area contributed by atoms with Crippen molar-refractivity contribution >= 4 is 0 Å². The van der Waals surface area contributed by atoms with Crippen molar-refractivity contribution in [1.82, 2.24) is 5.32 Å². The number of rotatable bonds is 6. The van der Waals surface area contributed by atoms with Crippen LogP contribution in [0.15, 0.2) is 30.3 Å². The van der Waals surface area contributed by atoms with Crippen molar-refractivity contribution in [1.29, 1.82) is 0 Å². The number of benzene rings is 1. The summed E-state index contributed by atoms with van der Waals surface area (Å²) in [7, 11) is 0. The van der Waals surface area contributed by atoms with Crippen molar-refractivity contribution in [2.45, 2.75) is 39.3 Å². The number of ether oxygens (including phenoxy) is 1. The zero-order chi connectivity index (χ0) is 12.1. The van der Waals surface area contributed by atoms with Crippen LogP contribution in [0.5, 0.6) is 0 Å². The lowest BCUT2D eigenvalue weighted by Crippen LogP contribution is -2.50. The highest BCUT2D eigenvalue weighted by Crippen LogP contribution is 2.39. The third kappa shape index (κ3) is 3.55. The van der Waals surface area contributed by atoms with E-state index in [1.165, 1.54) is 18.4 Å². The van der Waals surface area contributed by atoms with Crippen molar-refractivity contribution in [2.24, 2.45) is 5.41 Å². The minimum atomic E-state index is 0.486. The molecule has 94 valence electrons. The van der Waals surface area contributed by atoms with E-state index in [1.807, 2.05) is 18.2 Å². The van der Waals surface area contributed by atoms with Crippen molar-refractivity contribution in [3.63, 3.8) is 0 Å². The van der Waals surface area contributed by atoms with Crippen molar-refractivity contribution in [3.05, 3.63) is 35.9 Å². The summed E-state index contributed by atoms with van der Waals surface area (Å²) in [5.74, 6) is 0. The zero-order valence-electron chi connectivity index (χ0n) is 10.9. The Morgan fingerprint density at radius 3 is 2.65 bits per heavy atom. The molecule has 0 bridgehead atoms. The van der Waals surface area contributed by atoms with Crippen LogP contribution in [-0.2, 0) is 11.3 Å². The lowest BCUT2D eigenvalue weighted by atomic mass is 9.67. The molecular formula is C15H23NO. The molecule has 1 aromatic rings. The fourth-order valence-corrected chi connectivity index (χ4v) is 2.31. The predicted molar refractivity (Wildman–Crippen MR) is 70.9 cm³/mol. The summed E-state index contributed by atoms with van der Waals surface area (Å²) in [6, 6.07) is 11.0. The molecule has 1 saturated carbocycles. The molecule has 1 aliphatic carbocycles. The van der Waals surface area contributed by atoms with Gasteiger partial charge in [0.05, 0.1) is 13.2 Å². The molecule has 1 fully saturated rings. The molecule has 17 heavy (non-hydrogen) atoms. The van der Waals surface area contributed by atoms with Crippen LogP contribution in [0, 0.1) is 5.41 Å². The van der Waals surface area contributed by atoms with Gasteiger partial charge in [0, 0.05) is 12.6 Å². The third-order valence-electron chi connectivity index (χ3n) is 3.77. The Bertz CT molecular complexity index is 334. The second-order valence-corrected chi connectivity index (χ2v) is 5.57. The summed E-state index contributed by atoms with van der Waals surface area (Å²) in [6.07, 6.45) is 2.65. The van der Waals surface area contributed by atoms with Crippen LogP contribution in [0.2, 0.25) is 0 Å².